The number of ether oxygens (including phenoxy) is 2. The molecule has 1 aromatic heterocycles. The number of nitrogens with one attached hydrogen (secondary N) is 1. The summed E-state index contributed by atoms with van der Waals surface area (Å²) in [5.74, 6) is -0.152. The summed E-state index contributed by atoms with van der Waals surface area (Å²) in [6.45, 7) is 9.20. The van der Waals surface area contributed by atoms with Crippen LogP contribution < -0.4 is 15.7 Å². The van der Waals surface area contributed by atoms with Crippen LogP contribution in [0.2, 0.25) is 0 Å². The number of alkyl carbamates (subject to hydrolysis) is 1. The van der Waals surface area contributed by atoms with E-state index >= 15 is 0 Å². The number of hydrogen-bond acceptors (Lipinski definition) is 6. The van der Waals surface area contributed by atoms with E-state index in [9.17, 15) is 14.4 Å². The molecule has 0 fully saturated rings. The van der Waals surface area contributed by atoms with Crippen LogP contribution in [-0.2, 0) is 16.0 Å². The van der Waals surface area contributed by atoms with Crippen LogP contribution in [0.3, 0.4) is 0 Å². The lowest BCUT2D eigenvalue weighted by atomic mass is 10.0. The van der Waals surface area contributed by atoms with Crippen molar-refractivity contribution >= 4 is 23.0 Å². The largest absolute Gasteiger partial charge is 0.444 e. The first-order valence-corrected chi connectivity index (χ1v) is 9.34. The van der Waals surface area contributed by atoms with Crippen molar-refractivity contribution in [3.63, 3.8) is 0 Å². The number of benzene rings is 1. The minimum absolute atomic E-state index is 0.0193. The Morgan fingerprint density at radius 1 is 1.18 bits per heavy atom. The van der Waals surface area contributed by atoms with Crippen LogP contribution in [0.15, 0.2) is 27.4 Å². The molecule has 0 saturated carbocycles. The molecule has 152 valence electrons. The lowest BCUT2D eigenvalue weighted by molar-refractivity contribution is -0.134. The SMILES string of the molecule is CCCc1cc(=O)oc2cc(C)cc(OC(=O)CCNC(=O)OC(C)(C)C)c12. The molecular formula is C21H27NO6. The zero-order chi connectivity index (χ0) is 20.9. The number of hydrogen-bond donors (Lipinski definition) is 1. The van der Waals surface area contributed by atoms with Crippen molar-refractivity contribution in [3.05, 3.63) is 39.7 Å². The molecule has 1 amide bonds. The molecule has 0 aliphatic rings. The van der Waals surface area contributed by atoms with E-state index in [1.807, 2.05) is 13.8 Å². The lowest BCUT2D eigenvalue weighted by Gasteiger charge is -2.19. The van der Waals surface area contributed by atoms with Gasteiger partial charge in [-0.2, -0.15) is 0 Å². The Balaban J connectivity index is 2.13. The standard InChI is InChI=1S/C21H27NO6/c1-6-7-14-12-18(24)27-16-11-13(2)10-15(19(14)16)26-17(23)8-9-22-20(25)28-21(3,4)5/h10-12H,6-9H2,1-5H3,(H,22,25). The Morgan fingerprint density at radius 2 is 1.89 bits per heavy atom. The number of carbonyl (C=O) groups is 2. The first-order chi connectivity index (χ1) is 13.1. The maximum absolute atomic E-state index is 12.3. The van der Waals surface area contributed by atoms with Gasteiger partial charge in [-0.25, -0.2) is 9.59 Å². The summed E-state index contributed by atoms with van der Waals surface area (Å²) >= 11 is 0. The quantitative estimate of drug-likeness (QED) is 0.458. The molecule has 1 aromatic carbocycles. The van der Waals surface area contributed by atoms with Crippen LogP contribution in [0, 0.1) is 6.92 Å². The molecular weight excluding hydrogens is 362 g/mol. The molecule has 7 heteroatoms. The molecule has 28 heavy (non-hydrogen) atoms. The molecule has 0 aliphatic heterocycles. The Hall–Kier alpha value is -2.83. The third-order valence-electron chi connectivity index (χ3n) is 3.77. The van der Waals surface area contributed by atoms with Crippen LogP contribution in [0.5, 0.6) is 5.75 Å². The van der Waals surface area contributed by atoms with Crippen LogP contribution in [0.25, 0.3) is 11.0 Å². The minimum atomic E-state index is -0.606. The lowest BCUT2D eigenvalue weighted by Crippen LogP contribution is -2.34. The monoisotopic (exact) mass is 389 g/mol. The summed E-state index contributed by atoms with van der Waals surface area (Å²) < 4.78 is 15.9. The number of aryl methyl sites for hydroxylation is 2. The third kappa shape index (κ3) is 6.11. The molecule has 0 bridgehead atoms. The maximum atomic E-state index is 12.3. The fourth-order valence-electron chi connectivity index (χ4n) is 2.77. The van der Waals surface area contributed by atoms with Crippen LogP contribution in [0.4, 0.5) is 4.79 Å². The first-order valence-electron chi connectivity index (χ1n) is 9.34. The van der Waals surface area contributed by atoms with E-state index in [1.165, 1.54) is 6.07 Å². The predicted octanol–water partition coefficient (Wildman–Crippen LogP) is 3.87. The highest BCUT2D eigenvalue weighted by Gasteiger charge is 2.17. The molecule has 0 atom stereocenters. The summed E-state index contributed by atoms with van der Waals surface area (Å²) in [4.78, 5) is 35.7. The molecule has 2 aromatic rings. The van der Waals surface area contributed by atoms with E-state index in [4.69, 9.17) is 13.9 Å². The van der Waals surface area contributed by atoms with Crippen molar-refractivity contribution in [1.82, 2.24) is 5.32 Å². The Kier molecular flexibility index (Phi) is 6.83. The average Bonchev–Trinajstić information content (AvgIpc) is 2.52. The number of fused-ring (bicyclic) bond motifs is 1. The fourth-order valence-corrected chi connectivity index (χ4v) is 2.77. The average molecular weight is 389 g/mol. The van der Waals surface area contributed by atoms with Gasteiger partial charge in [0.15, 0.2) is 0 Å². The topological polar surface area (TPSA) is 94.8 Å². The highest BCUT2D eigenvalue weighted by Crippen LogP contribution is 2.30. The number of esters is 1. The van der Waals surface area contributed by atoms with Crippen LogP contribution in [-0.4, -0.2) is 24.2 Å². The highest BCUT2D eigenvalue weighted by atomic mass is 16.6. The smallest absolute Gasteiger partial charge is 0.407 e. The van der Waals surface area contributed by atoms with Gasteiger partial charge in [-0.1, -0.05) is 13.3 Å². The number of carbonyl (C=O) groups excluding carboxylic acids is 2. The van der Waals surface area contributed by atoms with Gasteiger partial charge in [0.05, 0.1) is 11.8 Å². The van der Waals surface area contributed by atoms with Crippen molar-refractivity contribution in [2.45, 2.75) is 59.5 Å². The maximum Gasteiger partial charge on any atom is 0.407 e. The van der Waals surface area contributed by atoms with Crippen molar-refractivity contribution < 1.29 is 23.5 Å². The van der Waals surface area contributed by atoms with Crippen molar-refractivity contribution in [2.24, 2.45) is 0 Å². The Morgan fingerprint density at radius 3 is 2.54 bits per heavy atom. The summed E-state index contributed by atoms with van der Waals surface area (Å²) in [7, 11) is 0. The predicted molar refractivity (Wildman–Crippen MR) is 106 cm³/mol. The molecule has 2 rings (SSSR count). The van der Waals surface area contributed by atoms with Gasteiger partial charge in [0.2, 0.25) is 0 Å². The van der Waals surface area contributed by atoms with Crippen LogP contribution in [0.1, 0.15) is 51.7 Å². The first kappa shape index (κ1) is 21.5. The molecule has 7 nitrogen and oxygen atoms in total. The molecule has 0 radical (unpaired) electrons. The van der Waals surface area contributed by atoms with E-state index < -0.39 is 23.3 Å². The van der Waals surface area contributed by atoms with E-state index in [2.05, 4.69) is 5.32 Å². The zero-order valence-corrected chi connectivity index (χ0v) is 17.0. The summed E-state index contributed by atoms with van der Waals surface area (Å²) in [5.41, 5.74) is 0.943. The Bertz CT molecular complexity index is 923. The summed E-state index contributed by atoms with van der Waals surface area (Å²) in [5, 5.41) is 3.15. The van der Waals surface area contributed by atoms with E-state index in [1.54, 1.807) is 32.9 Å². The molecule has 0 spiro atoms. The van der Waals surface area contributed by atoms with Crippen molar-refractivity contribution in [1.29, 1.82) is 0 Å². The second-order valence-corrected chi connectivity index (χ2v) is 7.63. The fraction of sp³-hybridized carbons (Fsp3) is 0.476. The zero-order valence-electron chi connectivity index (χ0n) is 17.0. The highest BCUT2D eigenvalue weighted by molar-refractivity contribution is 5.90. The van der Waals surface area contributed by atoms with Gasteiger partial charge < -0.3 is 19.2 Å². The number of rotatable bonds is 6. The minimum Gasteiger partial charge on any atom is -0.444 e. The van der Waals surface area contributed by atoms with Gasteiger partial charge in [0, 0.05) is 12.6 Å². The van der Waals surface area contributed by atoms with E-state index in [0.717, 1.165) is 17.5 Å². The van der Waals surface area contributed by atoms with Gasteiger partial charge in [0.1, 0.15) is 16.9 Å². The second kappa shape index (κ2) is 8.91. The Labute approximate surface area is 164 Å². The van der Waals surface area contributed by atoms with E-state index in [0.29, 0.717) is 23.1 Å². The van der Waals surface area contributed by atoms with Gasteiger partial charge in [-0.05, 0) is 57.4 Å². The van der Waals surface area contributed by atoms with E-state index in [-0.39, 0.29) is 13.0 Å². The van der Waals surface area contributed by atoms with Gasteiger partial charge in [-0.15, -0.1) is 0 Å². The number of amides is 1. The van der Waals surface area contributed by atoms with Crippen molar-refractivity contribution in [3.8, 4) is 5.75 Å². The van der Waals surface area contributed by atoms with Gasteiger partial charge in [-0.3, -0.25) is 4.79 Å². The molecule has 0 unspecified atom stereocenters. The normalized spacial score (nSPS) is 11.3. The molecule has 0 saturated heterocycles. The molecule has 0 aliphatic carbocycles. The molecule has 1 heterocycles. The summed E-state index contributed by atoms with van der Waals surface area (Å²) in [6, 6.07) is 4.92. The second-order valence-electron chi connectivity index (χ2n) is 7.63. The van der Waals surface area contributed by atoms with Gasteiger partial charge in [0.25, 0.3) is 0 Å². The van der Waals surface area contributed by atoms with Crippen LogP contribution >= 0.6 is 0 Å². The summed E-state index contributed by atoms with van der Waals surface area (Å²) in [6.07, 6.45) is 0.887. The third-order valence-corrected chi connectivity index (χ3v) is 3.77. The molecule has 1 N–H and O–H groups in total. The van der Waals surface area contributed by atoms with Gasteiger partial charge >= 0.3 is 17.7 Å². The van der Waals surface area contributed by atoms with Crippen molar-refractivity contribution in [2.75, 3.05) is 6.54 Å².